The number of halogens is 2. The summed E-state index contributed by atoms with van der Waals surface area (Å²) in [6.07, 6.45) is 0. The molecule has 0 radical (unpaired) electrons. The molecule has 0 aliphatic heterocycles. The van der Waals surface area contributed by atoms with Crippen molar-refractivity contribution in [3.05, 3.63) is 42.0 Å². The third-order valence-electron chi connectivity index (χ3n) is 2.67. The van der Waals surface area contributed by atoms with E-state index in [-0.39, 0.29) is 11.4 Å². The molecule has 0 amide bonds. The van der Waals surface area contributed by atoms with Crippen LogP contribution < -0.4 is 19.9 Å². The summed E-state index contributed by atoms with van der Waals surface area (Å²) < 4.78 is 42.6. The Morgan fingerprint density at radius 3 is 2.05 bits per heavy atom. The zero-order chi connectivity index (χ0) is 14.7. The van der Waals surface area contributed by atoms with Crippen molar-refractivity contribution in [3.8, 4) is 23.0 Å². The maximum atomic E-state index is 13.8. The first kappa shape index (κ1) is 13.9. The Labute approximate surface area is 114 Å². The SMILES string of the molecule is COc1cccc(OC)c1Oc1c(N)ccc(F)c1F. The van der Waals surface area contributed by atoms with Gasteiger partial charge < -0.3 is 19.9 Å². The van der Waals surface area contributed by atoms with Crippen LogP contribution in [0.4, 0.5) is 14.5 Å². The highest BCUT2D eigenvalue weighted by Crippen LogP contribution is 2.42. The molecule has 0 aliphatic carbocycles. The molecule has 4 nitrogen and oxygen atoms in total. The van der Waals surface area contributed by atoms with E-state index in [4.69, 9.17) is 19.9 Å². The summed E-state index contributed by atoms with van der Waals surface area (Å²) >= 11 is 0. The minimum absolute atomic E-state index is 0.0307. The molecule has 6 heteroatoms. The van der Waals surface area contributed by atoms with Crippen LogP contribution in [0.1, 0.15) is 0 Å². The third kappa shape index (κ3) is 2.45. The molecular formula is C14H13F2NO3. The number of anilines is 1. The second kappa shape index (κ2) is 5.64. The Balaban J connectivity index is 2.52. The van der Waals surface area contributed by atoms with E-state index in [1.165, 1.54) is 20.3 Å². The summed E-state index contributed by atoms with van der Waals surface area (Å²) in [7, 11) is 2.85. The van der Waals surface area contributed by atoms with E-state index in [0.717, 1.165) is 6.07 Å². The summed E-state index contributed by atoms with van der Waals surface area (Å²) in [6, 6.07) is 7.03. The van der Waals surface area contributed by atoms with Crippen molar-refractivity contribution in [2.45, 2.75) is 0 Å². The van der Waals surface area contributed by atoms with Crippen molar-refractivity contribution in [3.63, 3.8) is 0 Å². The van der Waals surface area contributed by atoms with Gasteiger partial charge in [-0.25, -0.2) is 4.39 Å². The number of hydrogen-bond donors (Lipinski definition) is 1. The lowest BCUT2D eigenvalue weighted by molar-refractivity contribution is 0.337. The summed E-state index contributed by atoms with van der Waals surface area (Å²) in [4.78, 5) is 0. The average molecular weight is 281 g/mol. The van der Waals surface area contributed by atoms with Crippen LogP contribution in [0.5, 0.6) is 23.0 Å². The van der Waals surface area contributed by atoms with Crippen molar-refractivity contribution >= 4 is 5.69 Å². The number of hydrogen-bond acceptors (Lipinski definition) is 4. The molecule has 2 aromatic carbocycles. The zero-order valence-electron chi connectivity index (χ0n) is 10.9. The van der Waals surface area contributed by atoms with Gasteiger partial charge in [-0.1, -0.05) is 6.07 Å². The molecule has 2 aromatic rings. The normalized spacial score (nSPS) is 10.2. The molecule has 2 rings (SSSR count). The number of ether oxygens (including phenoxy) is 3. The van der Waals surface area contributed by atoms with Crippen LogP contribution in [0.2, 0.25) is 0 Å². The minimum Gasteiger partial charge on any atom is -0.493 e. The third-order valence-corrected chi connectivity index (χ3v) is 2.67. The summed E-state index contributed by atoms with van der Waals surface area (Å²) in [6.45, 7) is 0. The van der Waals surface area contributed by atoms with Gasteiger partial charge in [0.25, 0.3) is 0 Å². The quantitative estimate of drug-likeness (QED) is 0.873. The second-order valence-corrected chi connectivity index (χ2v) is 3.87. The Morgan fingerprint density at radius 1 is 0.900 bits per heavy atom. The van der Waals surface area contributed by atoms with Gasteiger partial charge >= 0.3 is 0 Å². The Kier molecular flexibility index (Phi) is 3.93. The van der Waals surface area contributed by atoms with Crippen LogP contribution in [-0.2, 0) is 0 Å². The number of benzene rings is 2. The summed E-state index contributed by atoms with van der Waals surface area (Å²) in [5, 5.41) is 0. The average Bonchev–Trinajstić information content (AvgIpc) is 2.47. The van der Waals surface area contributed by atoms with Crippen molar-refractivity contribution in [1.82, 2.24) is 0 Å². The molecule has 2 N–H and O–H groups in total. The minimum atomic E-state index is -1.17. The van der Waals surface area contributed by atoms with Gasteiger partial charge in [0.1, 0.15) is 0 Å². The van der Waals surface area contributed by atoms with E-state index < -0.39 is 17.4 Å². The van der Waals surface area contributed by atoms with Gasteiger partial charge in [0.15, 0.2) is 23.1 Å². The largest absolute Gasteiger partial charge is 0.493 e. The highest BCUT2D eigenvalue weighted by atomic mass is 19.2. The maximum Gasteiger partial charge on any atom is 0.211 e. The predicted octanol–water partition coefficient (Wildman–Crippen LogP) is 3.36. The first-order chi connectivity index (χ1) is 9.58. The van der Waals surface area contributed by atoms with Crippen molar-refractivity contribution in [1.29, 1.82) is 0 Å². The lowest BCUT2D eigenvalue weighted by Crippen LogP contribution is -2.00. The van der Waals surface area contributed by atoms with Gasteiger partial charge in [-0.2, -0.15) is 4.39 Å². The molecule has 0 heterocycles. The highest BCUT2D eigenvalue weighted by molar-refractivity contribution is 5.59. The molecule has 0 aliphatic rings. The molecule has 0 bridgehead atoms. The molecule has 0 spiro atoms. The molecule has 0 aromatic heterocycles. The molecule has 0 saturated carbocycles. The zero-order valence-corrected chi connectivity index (χ0v) is 10.9. The molecule has 0 fully saturated rings. The molecule has 0 saturated heterocycles. The first-order valence-electron chi connectivity index (χ1n) is 5.70. The second-order valence-electron chi connectivity index (χ2n) is 3.87. The van der Waals surface area contributed by atoms with E-state index in [9.17, 15) is 8.78 Å². The Morgan fingerprint density at radius 2 is 1.50 bits per heavy atom. The van der Waals surface area contributed by atoms with Crippen LogP contribution in [0.15, 0.2) is 30.3 Å². The monoisotopic (exact) mass is 281 g/mol. The molecule has 0 unspecified atom stereocenters. The van der Waals surface area contributed by atoms with Crippen LogP contribution in [0, 0.1) is 11.6 Å². The van der Waals surface area contributed by atoms with Gasteiger partial charge in [0, 0.05) is 0 Å². The fourth-order valence-corrected chi connectivity index (χ4v) is 1.67. The summed E-state index contributed by atoms with van der Waals surface area (Å²) in [5.41, 5.74) is 5.58. The van der Waals surface area contributed by atoms with E-state index in [0.29, 0.717) is 11.5 Å². The standard InChI is InChI=1S/C14H13F2NO3/c1-18-10-4-3-5-11(19-2)14(10)20-13-9(17)7-6-8(15)12(13)16/h3-7H,17H2,1-2H3. The number of para-hydroxylation sites is 1. The van der Waals surface area contributed by atoms with Crippen molar-refractivity contribution < 1.29 is 23.0 Å². The number of nitrogens with two attached hydrogens (primary N) is 1. The fraction of sp³-hybridized carbons (Fsp3) is 0.143. The topological polar surface area (TPSA) is 53.7 Å². The Hall–Kier alpha value is -2.50. The van der Waals surface area contributed by atoms with E-state index in [1.54, 1.807) is 18.2 Å². The predicted molar refractivity (Wildman–Crippen MR) is 70.4 cm³/mol. The van der Waals surface area contributed by atoms with Crippen molar-refractivity contribution in [2.75, 3.05) is 20.0 Å². The van der Waals surface area contributed by atoms with Gasteiger partial charge in [-0.15, -0.1) is 0 Å². The first-order valence-corrected chi connectivity index (χ1v) is 5.70. The fourth-order valence-electron chi connectivity index (χ4n) is 1.67. The van der Waals surface area contributed by atoms with Gasteiger partial charge in [-0.05, 0) is 24.3 Å². The summed E-state index contributed by atoms with van der Waals surface area (Å²) in [5.74, 6) is -1.89. The number of rotatable bonds is 4. The smallest absolute Gasteiger partial charge is 0.211 e. The van der Waals surface area contributed by atoms with E-state index >= 15 is 0 Å². The molecule has 0 atom stereocenters. The van der Waals surface area contributed by atoms with Crippen LogP contribution in [-0.4, -0.2) is 14.2 Å². The van der Waals surface area contributed by atoms with E-state index in [1.807, 2.05) is 0 Å². The van der Waals surface area contributed by atoms with Gasteiger partial charge in [0.05, 0.1) is 19.9 Å². The van der Waals surface area contributed by atoms with Crippen LogP contribution in [0.25, 0.3) is 0 Å². The lowest BCUT2D eigenvalue weighted by Gasteiger charge is -2.15. The number of nitrogen functional groups attached to an aromatic ring is 1. The molecule has 20 heavy (non-hydrogen) atoms. The molecular weight excluding hydrogens is 268 g/mol. The van der Waals surface area contributed by atoms with Crippen molar-refractivity contribution in [2.24, 2.45) is 0 Å². The maximum absolute atomic E-state index is 13.8. The van der Waals surface area contributed by atoms with E-state index in [2.05, 4.69) is 0 Å². The van der Waals surface area contributed by atoms with Gasteiger partial charge in [-0.3, -0.25) is 0 Å². The highest BCUT2D eigenvalue weighted by Gasteiger charge is 2.19. The Bertz CT molecular complexity index is 610. The van der Waals surface area contributed by atoms with Crippen LogP contribution in [0.3, 0.4) is 0 Å². The van der Waals surface area contributed by atoms with Crippen LogP contribution >= 0.6 is 0 Å². The number of methoxy groups -OCH3 is 2. The molecule has 106 valence electrons. The van der Waals surface area contributed by atoms with Gasteiger partial charge in [0.2, 0.25) is 11.6 Å². The lowest BCUT2D eigenvalue weighted by atomic mass is 10.2.